The maximum Gasteiger partial charge on any atom is 0.0955 e. The molecule has 8 saturated heterocycles. The number of piperidine rings is 4. The fourth-order valence-electron chi connectivity index (χ4n) is 13.8. The van der Waals surface area contributed by atoms with Gasteiger partial charge < -0.3 is 82.0 Å². The Bertz CT molecular complexity index is 3080. The van der Waals surface area contributed by atoms with E-state index in [2.05, 4.69) is 289 Å². The van der Waals surface area contributed by atoms with E-state index in [1.807, 2.05) is 108 Å². The van der Waals surface area contributed by atoms with Gasteiger partial charge >= 0.3 is 0 Å². The summed E-state index contributed by atoms with van der Waals surface area (Å²) in [7, 11) is 38.4. The van der Waals surface area contributed by atoms with Crippen LogP contribution in [0.4, 0.5) is 5.69 Å². The first-order valence-electron chi connectivity index (χ1n) is 43.9. The molecule has 0 aliphatic carbocycles. The summed E-state index contributed by atoms with van der Waals surface area (Å²) in [5.41, 5.74) is 6.43. The largest absolute Gasteiger partial charge is 0.380 e. The molecule has 19 heteroatoms. The van der Waals surface area contributed by atoms with Crippen LogP contribution < -0.4 is 4.90 Å². The Morgan fingerprint density at radius 3 is 0.930 bits per heavy atom. The van der Waals surface area contributed by atoms with Crippen molar-refractivity contribution in [3.63, 3.8) is 0 Å². The number of likely N-dealkylation sites (tertiary alicyclic amines) is 5. The Balaban J connectivity index is 0.000000258. The number of nitrogens with zero attached hydrogens (tertiary/aromatic N) is 19. The Morgan fingerprint density at radius 2 is 0.640 bits per heavy atom. The number of imidazole rings is 1. The van der Waals surface area contributed by atoms with E-state index < -0.39 is 0 Å². The van der Waals surface area contributed by atoms with Gasteiger partial charge in [-0.1, -0.05) is 93.4 Å². The normalized spacial score (nSPS) is 20.0. The van der Waals surface area contributed by atoms with E-state index in [-0.39, 0.29) is 0 Å². The molecule has 19 nitrogen and oxygen atoms in total. The average Bonchev–Trinajstić information content (AvgIpc) is 1.72. The summed E-state index contributed by atoms with van der Waals surface area (Å²) in [6.45, 7) is 37.3. The van der Waals surface area contributed by atoms with Crippen molar-refractivity contribution in [2.24, 2.45) is 40.0 Å². The molecule has 0 radical (unpaired) electrons. The molecule has 11 aliphatic heterocycles. The highest BCUT2D eigenvalue weighted by molar-refractivity contribution is 5.79. The molecule has 0 spiro atoms. The summed E-state index contributed by atoms with van der Waals surface area (Å²) in [5.74, 6) is 1.96. The van der Waals surface area contributed by atoms with E-state index in [0.29, 0.717) is 0 Å². The van der Waals surface area contributed by atoms with Crippen LogP contribution in [0.5, 0.6) is 0 Å². The number of hydrogen-bond donors (Lipinski definition) is 0. The number of anilines is 1. The lowest BCUT2D eigenvalue weighted by Gasteiger charge is -2.28. The molecule has 11 aliphatic rings. The zero-order chi connectivity index (χ0) is 83.1. The van der Waals surface area contributed by atoms with Crippen LogP contribution in [0.3, 0.4) is 0 Å². The molecule has 0 bridgehead atoms. The predicted molar refractivity (Wildman–Crippen MR) is 497 cm³/mol. The van der Waals surface area contributed by atoms with Crippen LogP contribution in [0.15, 0.2) is 165 Å². The fraction of sp³-hybridized carbons (Fsp3) is 0.653. The molecule has 4 aromatic heterocycles. The summed E-state index contributed by atoms with van der Waals surface area (Å²) >= 11 is 0. The second-order valence-electron chi connectivity index (χ2n) is 34.2. The van der Waals surface area contributed by atoms with Gasteiger partial charge in [0.1, 0.15) is 0 Å². The van der Waals surface area contributed by atoms with Crippen LogP contribution in [0.2, 0.25) is 0 Å². The van der Waals surface area contributed by atoms with Gasteiger partial charge in [-0.15, -0.1) is 0 Å². The second-order valence-corrected chi connectivity index (χ2v) is 34.2. The molecule has 644 valence electrons. The van der Waals surface area contributed by atoms with E-state index in [0.717, 1.165) is 30.4 Å². The van der Waals surface area contributed by atoms with Gasteiger partial charge in [-0.25, -0.2) is 4.98 Å². The van der Waals surface area contributed by atoms with E-state index in [1.54, 1.807) is 0 Å². The van der Waals surface area contributed by atoms with Gasteiger partial charge in [-0.3, -0.25) is 4.90 Å². The lowest BCUT2D eigenvalue weighted by atomic mass is 10.00. The predicted octanol–water partition coefficient (Wildman–Crippen LogP) is 14.0. The molecule has 7 aromatic rings. The average molecular weight is 1580 g/mol. The number of para-hydroxylation sites is 4. The summed E-state index contributed by atoms with van der Waals surface area (Å²) in [6.07, 6.45) is 40.0. The quantitative estimate of drug-likeness (QED) is 0.135. The molecular formula is C95H169N19. The van der Waals surface area contributed by atoms with Crippen molar-refractivity contribution in [3.05, 3.63) is 170 Å². The highest BCUT2D eigenvalue weighted by Gasteiger charge is 2.16. The van der Waals surface area contributed by atoms with Gasteiger partial charge in [0.05, 0.1) is 17.4 Å². The SMILES string of the molecule is CC1CCN(C)CC1.CC1CCN(C)CC1.CN1C=CCC1.CN1CC=CC1.CN1CCCC1.CN1CCCCC1.CN1CCCCC1.CN1CCN(C)CC1.CN1CCN(C)CC1.CN1CCN(C)CC1.CN1CCc2ccccc21.Cn1ccc2ccccc21.Cn1cccc1.Cn1cccc1.Cn1cnc2ccccc21. The van der Waals surface area contributed by atoms with Gasteiger partial charge in [-0.05, 0) is 311 Å². The van der Waals surface area contributed by atoms with Crippen molar-refractivity contribution in [2.45, 2.75) is 104 Å². The third kappa shape index (κ3) is 48.5. The summed E-state index contributed by atoms with van der Waals surface area (Å²) in [4.78, 5) is 37.0. The zero-order valence-electron chi connectivity index (χ0n) is 76.5. The van der Waals surface area contributed by atoms with Crippen molar-refractivity contribution in [2.75, 3.05) is 274 Å². The number of likely N-dealkylation sites (N-methyl/N-ethyl adjacent to an activating group) is 8. The van der Waals surface area contributed by atoms with Crippen LogP contribution in [-0.4, -0.2) is 356 Å². The molecule has 114 heavy (non-hydrogen) atoms. The van der Waals surface area contributed by atoms with Crippen molar-refractivity contribution in [1.82, 2.24) is 87.0 Å². The number of hydrogen-bond acceptors (Lipinski definition) is 15. The topological polar surface area (TPSA) is 78.0 Å². The lowest BCUT2D eigenvalue weighted by Crippen LogP contribution is -2.42. The maximum absolute atomic E-state index is 4.18. The molecule has 0 unspecified atom stereocenters. The van der Waals surface area contributed by atoms with Crippen LogP contribution in [-0.2, 0) is 34.6 Å². The molecule has 15 heterocycles. The Kier molecular flexibility index (Phi) is 53.8. The first kappa shape index (κ1) is 100. The van der Waals surface area contributed by atoms with Crippen molar-refractivity contribution in [1.29, 1.82) is 0 Å². The van der Waals surface area contributed by atoms with E-state index in [9.17, 15) is 0 Å². The van der Waals surface area contributed by atoms with Gasteiger partial charge in [0.25, 0.3) is 0 Å². The number of benzene rings is 3. The number of piperazine rings is 3. The smallest absolute Gasteiger partial charge is 0.0955 e. The minimum atomic E-state index is 0.978. The van der Waals surface area contributed by atoms with Crippen LogP contribution >= 0.6 is 0 Å². The third-order valence-corrected chi connectivity index (χ3v) is 22.7. The van der Waals surface area contributed by atoms with E-state index >= 15 is 0 Å². The number of aryl methyl sites for hydroxylation is 4. The molecule has 18 rings (SSSR count). The minimum absolute atomic E-state index is 0.978. The van der Waals surface area contributed by atoms with Crippen molar-refractivity contribution >= 4 is 27.6 Å². The maximum atomic E-state index is 4.18. The van der Waals surface area contributed by atoms with Gasteiger partial charge in [0.15, 0.2) is 0 Å². The van der Waals surface area contributed by atoms with E-state index in [1.165, 1.54) is 275 Å². The highest BCUT2D eigenvalue weighted by Crippen LogP contribution is 2.25. The standard InChI is InChI=1S/C9H11N.C9H9N.C8H8N2.2C7H15N.3C6H14N2.2C6H13N.C5H11N.2C5H9N.2C5H7N/c2*1-10-7-6-8-4-2-3-5-9(8)10;1-10-6-9-7-4-2-3-5-8(7)10;5*1-7-3-5-8(2)6-4-7;2*1-7-5-3-2-4-6-7;5*1-6-4-2-3-5-6/h2-5H,6-7H2,1H3;2-7H,1H3;2-6H,1H3;2*7H,3-6H2,1-2H3;3*3-6H2,1-2H3;2*2-6H2,1H3;2-5H2,1H3;2,4H,3,5H2,1H3;2-3H,4-5H2,1H3;2*2-5H,1H3. The van der Waals surface area contributed by atoms with Gasteiger partial charge in [0.2, 0.25) is 0 Å². The molecule has 0 amide bonds. The van der Waals surface area contributed by atoms with Crippen LogP contribution in [0, 0.1) is 11.8 Å². The molecule has 0 N–H and O–H groups in total. The Labute approximate surface area is 698 Å². The van der Waals surface area contributed by atoms with Crippen molar-refractivity contribution in [3.8, 4) is 0 Å². The van der Waals surface area contributed by atoms with Crippen molar-refractivity contribution < 1.29 is 0 Å². The number of rotatable bonds is 0. The summed E-state index contributed by atoms with van der Waals surface area (Å²) < 4.78 is 8.13. The summed E-state index contributed by atoms with van der Waals surface area (Å²) in [5, 5.41) is 1.31. The fourth-order valence-corrected chi connectivity index (χ4v) is 13.8. The second kappa shape index (κ2) is 61.2. The van der Waals surface area contributed by atoms with Gasteiger partial charge in [-0.2, -0.15) is 0 Å². The number of aromatic nitrogens is 5. The minimum Gasteiger partial charge on any atom is -0.380 e. The molecule has 8 fully saturated rings. The highest BCUT2D eigenvalue weighted by atomic mass is 15.2. The van der Waals surface area contributed by atoms with E-state index in [4.69, 9.17) is 0 Å². The molecule has 3 aromatic carbocycles. The molecule has 0 saturated carbocycles. The lowest BCUT2D eigenvalue weighted by molar-refractivity contribution is 0.181. The van der Waals surface area contributed by atoms with Crippen LogP contribution in [0.25, 0.3) is 21.9 Å². The number of fused-ring (bicyclic) bond motifs is 3. The van der Waals surface area contributed by atoms with Crippen LogP contribution in [0.1, 0.15) is 103 Å². The molecule has 0 atom stereocenters. The zero-order valence-corrected chi connectivity index (χ0v) is 76.5. The third-order valence-electron chi connectivity index (χ3n) is 22.7. The Morgan fingerprint density at radius 1 is 0.289 bits per heavy atom. The summed E-state index contributed by atoms with van der Waals surface area (Å²) in [6, 6.07) is 35.2. The first-order chi connectivity index (χ1) is 54.8. The molecular weight excluding hydrogens is 1410 g/mol. The van der Waals surface area contributed by atoms with Gasteiger partial charge in [0, 0.05) is 189 Å². The Hall–Kier alpha value is -6.17. The first-order valence-corrected chi connectivity index (χ1v) is 43.9. The monoisotopic (exact) mass is 1580 g/mol.